The van der Waals surface area contributed by atoms with Crippen molar-refractivity contribution in [2.24, 2.45) is 11.3 Å². The Labute approximate surface area is 178 Å². The highest BCUT2D eigenvalue weighted by atomic mass is 19.4. The van der Waals surface area contributed by atoms with Gasteiger partial charge in [0.1, 0.15) is 5.60 Å². The normalized spacial score (nSPS) is 26.5. The smallest absolute Gasteiger partial charge is 0.460 e. The number of hydrogen-bond donors (Lipinski definition) is 0. The van der Waals surface area contributed by atoms with Crippen molar-refractivity contribution in [1.29, 1.82) is 0 Å². The van der Waals surface area contributed by atoms with E-state index >= 15 is 0 Å². The van der Waals surface area contributed by atoms with Gasteiger partial charge in [-0.1, -0.05) is 5.16 Å². The van der Waals surface area contributed by atoms with Gasteiger partial charge in [-0.3, -0.25) is 9.78 Å². The molecule has 0 amide bonds. The van der Waals surface area contributed by atoms with E-state index in [1.807, 2.05) is 26.8 Å². The molecule has 168 valence electrons. The highest BCUT2D eigenvalue weighted by molar-refractivity contribution is 5.74. The minimum atomic E-state index is -4.67. The molecule has 1 spiro atoms. The quantitative estimate of drug-likeness (QED) is 0.586. The second kappa shape index (κ2) is 7.60. The fraction of sp³-hybridized carbons (Fsp3) is 0.636. The third-order valence-electron chi connectivity index (χ3n) is 6.28. The number of carbonyl (C=O) groups excluding carboxylic acids is 1. The lowest BCUT2D eigenvalue weighted by Crippen LogP contribution is -2.45. The summed E-state index contributed by atoms with van der Waals surface area (Å²) in [5, 5.41) is 3.39. The summed E-state index contributed by atoms with van der Waals surface area (Å²) in [6, 6.07) is 3.51. The zero-order valence-corrected chi connectivity index (χ0v) is 17.8. The van der Waals surface area contributed by atoms with Crippen LogP contribution in [0.2, 0.25) is 0 Å². The molecule has 0 radical (unpaired) electrons. The maximum Gasteiger partial charge on any atom is 0.471 e. The number of ether oxygens (including phenoxy) is 1. The Bertz CT molecular complexity index is 931. The van der Waals surface area contributed by atoms with E-state index in [4.69, 9.17) is 4.74 Å². The SMILES string of the molecule is CC(C)(C)OC(=O)C1CC2(CCC(c3ccc(-c4noc(C(F)(F)F)n4)cn3)CC2)C1. The largest absolute Gasteiger partial charge is 0.471 e. The van der Waals surface area contributed by atoms with Gasteiger partial charge >= 0.3 is 18.0 Å². The molecule has 31 heavy (non-hydrogen) atoms. The first-order chi connectivity index (χ1) is 14.4. The lowest BCUT2D eigenvalue weighted by Gasteiger charge is -2.50. The summed E-state index contributed by atoms with van der Waals surface area (Å²) in [6.07, 6.45) is 2.65. The number of alkyl halides is 3. The molecule has 2 aliphatic carbocycles. The highest BCUT2D eigenvalue weighted by Gasteiger charge is 2.50. The average Bonchev–Trinajstić information content (AvgIpc) is 3.16. The fourth-order valence-electron chi connectivity index (χ4n) is 4.71. The van der Waals surface area contributed by atoms with E-state index in [-0.39, 0.29) is 23.1 Å². The molecule has 6 nitrogen and oxygen atoms in total. The molecule has 0 bridgehead atoms. The Morgan fingerprint density at radius 1 is 1.16 bits per heavy atom. The predicted molar refractivity (Wildman–Crippen MR) is 105 cm³/mol. The van der Waals surface area contributed by atoms with Gasteiger partial charge in [-0.05, 0) is 76.8 Å². The summed E-state index contributed by atoms with van der Waals surface area (Å²) in [4.78, 5) is 20.1. The number of carbonyl (C=O) groups is 1. The molecule has 9 heteroatoms. The van der Waals surface area contributed by atoms with Crippen molar-refractivity contribution in [3.05, 3.63) is 29.9 Å². The van der Waals surface area contributed by atoms with Gasteiger partial charge in [0.15, 0.2) is 0 Å². The van der Waals surface area contributed by atoms with Gasteiger partial charge in [0.2, 0.25) is 5.82 Å². The number of halogens is 3. The van der Waals surface area contributed by atoms with Crippen LogP contribution in [0.1, 0.15) is 76.8 Å². The molecule has 2 fully saturated rings. The molecule has 2 saturated carbocycles. The van der Waals surface area contributed by atoms with Crippen LogP contribution in [0.4, 0.5) is 13.2 Å². The van der Waals surface area contributed by atoms with Gasteiger partial charge < -0.3 is 9.26 Å². The first-order valence-electron chi connectivity index (χ1n) is 10.5. The number of aromatic nitrogens is 3. The summed E-state index contributed by atoms with van der Waals surface area (Å²) < 4.78 is 47.7. The zero-order valence-electron chi connectivity index (χ0n) is 17.8. The number of esters is 1. The van der Waals surface area contributed by atoms with Crippen molar-refractivity contribution in [3.8, 4) is 11.4 Å². The molecule has 2 aromatic rings. The molecule has 0 unspecified atom stereocenters. The van der Waals surface area contributed by atoms with Crippen LogP contribution in [0, 0.1) is 11.3 Å². The van der Waals surface area contributed by atoms with Crippen LogP contribution in [0.15, 0.2) is 22.9 Å². The second-order valence-corrected chi connectivity index (χ2v) is 9.81. The van der Waals surface area contributed by atoms with Crippen LogP contribution < -0.4 is 0 Å². The van der Waals surface area contributed by atoms with Crippen LogP contribution in [0.3, 0.4) is 0 Å². The third kappa shape index (κ3) is 4.75. The molecule has 0 atom stereocenters. The van der Waals surface area contributed by atoms with E-state index in [2.05, 4.69) is 19.6 Å². The number of hydrogen-bond acceptors (Lipinski definition) is 6. The van der Waals surface area contributed by atoms with Crippen LogP contribution in [-0.2, 0) is 15.7 Å². The Kier molecular flexibility index (Phi) is 5.34. The molecule has 4 rings (SSSR count). The van der Waals surface area contributed by atoms with E-state index in [9.17, 15) is 18.0 Å². The Morgan fingerprint density at radius 3 is 2.35 bits per heavy atom. The third-order valence-corrected chi connectivity index (χ3v) is 6.28. The summed E-state index contributed by atoms with van der Waals surface area (Å²) in [7, 11) is 0. The molecule has 2 heterocycles. The Hall–Kier alpha value is -2.45. The van der Waals surface area contributed by atoms with Gasteiger partial charge in [-0.2, -0.15) is 18.2 Å². The monoisotopic (exact) mass is 437 g/mol. The van der Waals surface area contributed by atoms with Crippen molar-refractivity contribution < 1.29 is 27.2 Å². The maximum atomic E-state index is 12.6. The van der Waals surface area contributed by atoms with E-state index in [1.54, 1.807) is 6.07 Å². The zero-order chi connectivity index (χ0) is 22.4. The fourth-order valence-corrected chi connectivity index (χ4v) is 4.71. The van der Waals surface area contributed by atoms with Crippen molar-refractivity contribution in [2.75, 3.05) is 0 Å². The molecule has 2 aliphatic rings. The van der Waals surface area contributed by atoms with Gasteiger partial charge in [-0.25, -0.2) is 0 Å². The van der Waals surface area contributed by atoms with Gasteiger partial charge in [0.25, 0.3) is 0 Å². The van der Waals surface area contributed by atoms with E-state index < -0.39 is 17.7 Å². The highest BCUT2D eigenvalue weighted by Crippen LogP contribution is 2.57. The molecule has 0 aromatic carbocycles. The van der Waals surface area contributed by atoms with Crippen molar-refractivity contribution in [2.45, 2.75) is 77.0 Å². The van der Waals surface area contributed by atoms with Gasteiger partial charge in [0.05, 0.1) is 5.92 Å². The molecule has 0 saturated heterocycles. The van der Waals surface area contributed by atoms with E-state index in [0.717, 1.165) is 44.2 Å². The summed E-state index contributed by atoms with van der Waals surface area (Å²) in [6.45, 7) is 5.66. The Morgan fingerprint density at radius 2 is 1.84 bits per heavy atom. The van der Waals surface area contributed by atoms with Crippen LogP contribution >= 0.6 is 0 Å². The minimum Gasteiger partial charge on any atom is -0.460 e. The van der Waals surface area contributed by atoms with E-state index in [0.29, 0.717) is 11.5 Å². The minimum absolute atomic E-state index is 0.00438. The Balaban J connectivity index is 1.32. The van der Waals surface area contributed by atoms with Crippen LogP contribution in [0.25, 0.3) is 11.4 Å². The summed E-state index contributed by atoms with van der Waals surface area (Å²) in [5.74, 6) is -1.28. The molecule has 2 aromatic heterocycles. The predicted octanol–water partition coefficient (Wildman–Crippen LogP) is 5.55. The second-order valence-electron chi connectivity index (χ2n) is 9.81. The molecule has 0 N–H and O–H groups in total. The summed E-state index contributed by atoms with van der Waals surface area (Å²) in [5.41, 5.74) is 1.08. The standard InChI is InChI=1S/C22H26F3N3O3/c1-20(2,3)30-18(29)15-10-21(11-15)8-6-13(7-9-21)16-5-4-14(12-26-16)17-27-19(31-28-17)22(23,24)25/h4-5,12-13,15H,6-11H2,1-3H3. The molecular formula is C22H26F3N3O3. The first kappa shape index (κ1) is 21.8. The summed E-state index contributed by atoms with van der Waals surface area (Å²) >= 11 is 0. The number of nitrogens with zero attached hydrogens (tertiary/aromatic N) is 3. The lowest BCUT2D eigenvalue weighted by atomic mass is 9.54. The first-order valence-corrected chi connectivity index (χ1v) is 10.5. The molecular weight excluding hydrogens is 411 g/mol. The lowest BCUT2D eigenvalue weighted by molar-refractivity contribution is -0.170. The van der Waals surface area contributed by atoms with Crippen LogP contribution in [-0.4, -0.2) is 26.7 Å². The van der Waals surface area contributed by atoms with E-state index in [1.165, 1.54) is 6.20 Å². The van der Waals surface area contributed by atoms with Gasteiger partial charge in [-0.15, -0.1) is 0 Å². The van der Waals surface area contributed by atoms with Gasteiger partial charge in [0, 0.05) is 23.4 Å². The average molecular weight is 437 g/mol. The van der Waals surface area contributed by atoms with Crippen molar-refractivity contribution >= 4 is 5.97 Å². The maximum absolute atomic E-state index is 12.6. The number of pyridine rings is 1. The molecule has 0 aliphatic heterocycles. The van der Waals surface area contributed by atoms with Crippen molar-refractivity contribution in [3.63, 3.8) is 0 Å². The van der Waals surface area contributed by atoms with Crippen LogP contribution in [0.5, 0.6) is 0 Å². The topological polar surface area (TPSA) is 78.1 Å². The number of rotatable bonds is 3. The van der Waals surface area contributed by atoms with Crippen molar-refractivity contribution in [1.82, 2.24) is 15.1 Å².